The second-order valence-corrected chi connectivity index (χ2v) is 5.69. The Hall–Kier alpha value is -0.280. The highest BCUT2D eigenvalue weighted by Gasteiger charge is 2.30. The second kappa shape index (κ2) is 5.57. The van der Waals surface area contributed by atoms with E-state index < -0.39 is 0 Å². The van der Waals surface area contributed by atoms with Gasteiger partial charge in [-0.3, -0.25) is 0 Å². The SMILES string of the molecule is NCC1(Cc2ccc(Cl)c(Cl)c2)CCNCC1. The van der Waals surface area contributed by atoms with Crippen LogP contribution in [-0.4, -0.2) is 19.6 Å². The first-order chi connectivity index (χ1) is 8.15. The van der Waals surface area contributed by atoms with Crippen LogP contribution in [-0.2, 0) is 6.42 Å². The Balaban J connectivity index is 2.14. The van der Waals surface area contributed by atoms with E-state index in [2.05, 4.69) is 5.32 Å². The fourth-order valence-electron chi connectivity index (χ4n) is 2.49. The van der Waals surface area contributed by atoms with E-state index in [1.54, 1.807) is 0 Å². The zero-order chi connectivity index (χ0) is 12.3. The molecule has 0 aromatic heterocycles. The van der Waals surface area contributed by atoms with Crippen LogP contribution < -0.4 is 11.1 Å². The molecule has 94 valence electrons. The molecule has 1 aromatic rings. The molecule has 1 aliphatic rings. The van der Waals surface area contributed by atoms with Gasteiger partial charge in [0.2, 0.25) is 0 Å². The van der Waals surface area contributed by atoms with Crippen LogP contribution in [0.1, 0.15) is 18.4 Å². The molecule has 1 aliphatic heterocycles. The molecular weight excluding hydrogens is 255 g/mol. The van der Waals surface area contributed by atoms with Gasteiger partial charge in [0.15, 0.2) is 0 Å². The number of piperidine rings is 1. The van der Waals surface area contributed by atoms with Gasteiger partial charge in [0, 0.05) is 0 Å². The minimum atomic E-state index is 0.225. The highest BCUT2D eigenvalue weighted by atomic mass is 35.5. The van der Waals surface area contributed by atoms with Gasteiger partial charge in [0.05, 0.1) is 10.0 Å². The number of benzene rings is 1. The molecule has 0 saturated carbocycles. The molecule has 1 heterocycles. The van der Waals surface area contributed by atoms with Crippen LogP contribution in [0.25, 0.3) is 0 Å². The van der Waals surface area contributed by atoms with Crippen molar-refractivity contribution in [3.8, 4) is 0 Å². The largest absolute Gasteiger partial charge is 0.330 e. The summed E-state index contributed by atoms with van der Waals surface area (Å²) in [6.07, 6.45) is 3.25. The first kappa shape index (κ1) is 13.2. The maximum Gasteiger partial charge on any atom is 0.0595 e. The van der Waals surface area contributed by atoms with E-state index in [1.165, 1.54) is 5.56 Å². The lowest BCUT2D eigenvalue weighted by atomic mass is 9.74. The fourth-order valence-corrected chi connectivity index (χ4v) is 2.81. The third-order valence-electron chi connectivity index (χ3n) is 3.66. The minimum absolute atomic E-state index is 0.225. The zero-order valence-corrected chi connectivity index (χ0v) is 11.3. The van der Waals surface area contributed by atoms with Crippen LogP contribution in [0.15, 0.2) is 18.2 Å². The Morgan fingerprint density at radius 3 is 2.47 bits per heavy atom. The molecule has 0 aliphatic carbocycles. The summed E-state index contributed by atoms with van der Waals surface area (Å²) in [4.78, 5) is 0. The number of nitrogens with one attached hydrogen (secondary N) is 1. The van der Waals surface area contributed by atoms with Gasteiger partial charge in [-0.05, 0) is 62.0 Å². The summed E-state index contributed by atoms with van der Waals surface area (Å²) in [6.45, 7) is 2.84. The number of hydrogen-bond donors (Lipinski definition) is 2. The molecule has 2 nitrogen and oxygen atoms in total. The van der Waals surface area contributed by atoms with Crippen molar-refractivity contribution in [3.63, 3.8) is 0 Å². The van der Waals surface area contributed by atoms with E-state index in [4.69, 9.17) is 28.9 Å². The fraction of sp³-hybridized carbons (Fsp3) is 0.538. The molecule has 1 fully saturated rings. The van der Waals surface area contributed by atoms with Crippen molar-refractivity contribution >= 4 is 23.2 Å². The van der Waals surface area contributed by atoms with Crippen LogP contribution in [0.3, 0.4) is 0 Å². The molecule has 2 rings (SSSR count). The lowest BCUT2D eigenvalue weighted by Gasteiger charge is -2.36. The Morgan fingerprint density at radius 1 is 1.18 bits per heavy atom. The van der Waals surface area contributed by atoms with E-state index >= 15 is 0 Å². The lowest BCUT2D eigenvalue weighted by molar-refractivity contribution is 0.210. The molecule has 0 spiro atoms. The first-order valence-corrected chi connectivity index (χ1v) is 6.76. The Kier molecular flexibility index (Phi) is 4.31. The van der Waals surface area contributed by atoms with E-state index in [-0.39, 0.29) is 5.41 Å². The van der Waals surface area contributed by atoms with Crippen LogP contribution in [0.2, 0.25) is 10.0 Å². The summed E-state index contributed by atoms with van der Waals surface area (Å²) in [7, 11) is 0. The van der Waals surface area contributed by atoms with Crippen LogP contribution in [0.4, 0.5) is 0 Å². The zero-order valence-electron chi connectivity index (χ0n) is 9.81. The standard InChI is InChI=1S/C13H18Cl2N2/c14-11-2-1-10(7-12(11)15)8-13(9-16)3-5-17-6-4-13/h1-2,7,17H,3-6,8-9,16H2. The smallest absolute Gasteiger partial charge is 0.0595 e. The summed E-state index contributed by atoms with van der Waals surface area (Å²) in [5, 5.41) is 4.62. The highest BCUT2D eigenvalue weighted by Crippen LogP contribution is 2.33. The molecule has 0 atom stereocenters. The van der Waals surface area contributed by atoms with Crippen LogP contribution in [0, 0.1) is 5.41 Å². The monoisotopic (exact) mass is 272 g/mol. The molecule has 0 radical (unpaired) electrons. The molecule has 1 aromatic carbocycles. The number of halogens is 2. The predicted octanol–water partition coefficient (Wildman–Crippen LogP) is 2.86. The minimum Gasteiger partial charge on any atom is -0.330 e. The summed E-state index contributed by atoms with van der Waals surface area (Å²) in [5.41, 5.74) is 7.42. The average Bonchev–Trinajstić information content (AvgIpc) is 2.35. The van der Waals surface area contributed by atoms with Crippen molar-refractivity contribution in [2.24, 2.45) is 11.1 Å². The molecule has 1 saturated heterocycles. The van der Waals surface area contributed by atoms with Crippen molar-refractivity contribution < 1.29 is 0 Å². The van der Waals surface area contributed by atoms with E-state index in [0.29, 0.717) is 10.0 Å². The van der Waals surface area contributed by atoms with Crippen LogP contribution in [0.5, 0.6) is 0 Å². The molecule has 4 heteroatoms. The number of hydrogen-bond acceptors (Lipinski definition) is 2. The normalized spacial score (nSPS) is 19.2. The van der Waals surface area contributed by atoms with Gasteiger partial charge < -0.3 is 11.1 Å². The maximum atomic E-state index is 6.04. The van der Waals surface area contributed by atoms with Crippen molar-refractivity contribution in [1.82, 2.24) is 5.32 Å². The third-order valence-corrected chi connectivity index (χ3v) is 4.40. The summed E-state index contributed by atoms with van der Waals surface area (Å²) in [6, 6.07) is 5.88. The molecule has 17 heavy (non-hydrogen) atoms. The number of nitrogens with two attached hydrogens (primary N) is 1. The summed E-state index contributed by atoms with van der Waals surface area (Å²) < 4.78 is 0. The first-order valence-electron chi connectivity index (χ1n) is 6.00. The Bertz CT molecular complexity index is 387. The van der Waals surface area contributed by atoms with Crippen LogP contribution >= 0.6 is 23.2 Å². The number of rotatable bonds is 3. The van der Waals surface area contributed by atoms with E-state index in [1.807, 2.05) is 18.2 Å². The van der Waals surface area contributed by atoms with E-state index in [9.17, 15) is 0 Å². The maximum absolute atomic E-state index is 6.04. The molecule has 0 amide bonds. The van der Waals surface area contributed by atoms with Gasteiger partial charge in [0.1, 0.15) is 0 Å². The van der Waals surface area contributed by atoms with Crippen molar-refractivity contribution in [2.45, 2.75) is 19.3 Å². The van der Waals surface area contributed by atoms with Crippen molar-refractivity contribution in [1.29, 1.82) is 0 Å². The average molecular weight is 273 g/mol. The molecule has 0 bridgehead atoms. The molecular formula is C13H18Cl2N2. The van der Waals surface area contributed by atoms with Gasteiger partial charge in [-0.25, -0.2) is 0 Å². The highest BCUT2D eigenvalue weighted by molar-refractivity contribution is 6.42. The lowest BCUT2D eigenvalue weighted by Crippen LogP contribution is -2.43. The summed E-state index contributed by atoms with van der Waals surface area (Å²) in [5.74, 6) is 0. The quantitative estimate of drug-likeness (QED) is 0.888. The van der Waals surface area contributed by atoms with E-state index in [0.717, 1.165) is 38.9 Å². The molecule has 3 N–H and O–H groups in total. The topological polar surface area (TPSA) is 38.0 Å². The predicted molar refractivity (Wildman–Crippen MR) is 73.8 cm³/mol. The van der Waals surface area contributed by atoms with Crippen molar-refractivity contribution in [2.75, 3.05) is 19.6 Å². The third kappa shape index (κ3) is 3.14. The Morgan fingerprint density at radius 2 is 1.88 bits per heavy atom. The summed E-state index contributed by atoms with van der Waals surface area (Å²) >= 11 is 12.0. The Labute approximate surface area is 112 Å². The van der Waals surface area contributed by atoms with Crippen molar-refractivity contribution in [3.05, 3.63) is 33.8 Å². The van der Waals surface area contributed by atoms with Gasteiger partial charge in [-0.2, -0.15) is 0 Å². The van der Waals surface area contributed by atoms with Gasteiger partial charge in [-0.15, -0.1) is 0 Å². The second-order valence-electron chi connectivity index (χ2n) is 4.88. The van der Waals surface area contributed by atoms with Gasteiger partial charge in [-0.1, -0.05) is 29.3 Å². The molecule has 0 unspecified atom stereocenters. The van der Waals surface area contributed by atoms with Gasteiger partial charge in [0.25, 0.3) is 0 Å². The van der Waals surface area contributed by atoms with Gasteiger partial charge >= 0.3 is 0 Å².